The maximum atomic E-state index is 12.1. The molecule has 0 aromatic heterocycles. The van der Waals surface area contributed by atoms with Crippen LogP contribution in [0.5, 0.6) is 0 Å². The van der Waals surface area contributed by atoms with Crippen molar-refractivity contribution in [3.63, 3.8) is 0 Å². The zero-order chi connectivity index (χ0) is 16.6. The molecular formula is C18H24O5. The van der Waals surface area contributed by atoms with E-state index in [2.05, 4.69) is 6.58 Å². The standard InChI is InChI=1S/C18H24O5/c1-11(2)17(21)22-5-3-4-15(19)23-18-8-12-6-13(9-18)16(20)14(7-12)10-18/h12-14H,1,3-10H2,2H3. The number of Topliss-reactive ketones (excluding diaryl/α,β-unsaturated/α-hetero) is 1. The molecule has 126 valence electrons. The maximum Gasteiger partial charge on any atom is 0.333 e. The summed E-state index contributed by atoms with van der Waals surface area (Å²) in [5, 5.41) is 0. The average molecular weight is 320 g/mol. The Balaban J connectivity index is 1.46. The molecule has 4 saturated carbocycles. The van der Waals surface area contributed by atoms with E-state index in [1.807, 2.05) is 0 Å². The third-order valence-electron chi connectivity index (χ3n) is 5.38. The number of hydrogen-bond donors (Lipinski definition) is 0. The van der Waals surface area contributed by atoms with Gasteiger partial charge in [-0.3, -0.25) is 9.59 Å². The minimum absolute atomic E-state index is 0.102. The average Bonchev–Trinajstić information content (AvgIpc) is 2.47. The summed E-state index contributed by atoms with van der Waals surface area (Å²) in [6.45, 7) is 5.29. The van der Waals surface area contributed by atoms with Crippen molar-refractivity contribution in [3.05, 3.63) is 12.2 Å². The highest BCUT2D eigenvalue weighted by atomic mass is 16.6. The molecular weight excluding hydrogens is 296 g/mol. The van der Waals surface area contributed by atoms with Crippen molar-refractivity contribution >= 4 is 17.7 Å². The van der Waals surface area contributed by atoms with Crippen LogP contribution in [0.3, 0.4) is 0 Å². The van der Waals surface area contributed by atoms with E-state index in [1.54, 1.807) is 6.92 Å². The molecule has 0 heterocycles. The molecule has 2 atom stereocenters. The zero-order valence-electron chi connectivity index (χ0n) is 13.6. The number of rotatable bonds is 6. The van der Waals surface area contributed by atoms with Crippen molar-refractivity contribution < 1.29 is 23.9 Å². The Hall–Kier alpha value is -1.65. The SMILES string of the molecule is C=C(C)C(=O)OCCCC(=O)OC12CC3CC(C1)C(=O)C(C3)C2. The molecule has 0 aromatic carbocycles. The molecule has 4 bridgehead atoms. The lowest BCUT2D eigenvalue weighted by atomic mass is 9.53. The Labute approximate surface area is 136 Å². The minimum atomic E-state index is -0.432. The van der Waals surface area contributed by atoms with Crippen LogP contribution in [0.4, 0.5) is 0 Å². The van der Waals surface area contributed by atoms with Gasteiger partial charge in [0.2, 0.25) is 0 Å². The van der Waals surface area contributed by atoms with Crippen LogP contribution in [0.1, 0.15) is 51.9 Å². The summed E-state index contributed by atoms with van der Waals surface area (Å²) < 4.78 is 10.8. The smallest absolute Gasteiger partial charge is 0.333 e. The Morgan fingerprint density at radius 1 is 1.22 bits per heavy atom. The van der Waals surface area contributed by atoms with E-state index >= 15 is 0 Å². The summed E-state index contributed by atoms with van der Waals surface area (Å²) in [4.78, 5) is 35.5. The number of ether oxygens (including phenoxy) is 2. The first-order chi connectivity index (χ1) is 10.9. The zero-order valence-corrected chi connectivity index (χ0v) is 13.6. The lowest BCUT2D eigenvalue weighted by molar-refractivity contribution is -0.189. The number of hydrogen-bond acceptors (Lipinski definition) is 5. The summed E-state index contributed by atoms with van der Waals surface area (Å²) in [6, 6.07) is 0. The predicted octanol–water partition coefficient (Wildman–Crippen LogP) is 2.58. The Kier molecular flexibility index (Phi) is 4.30. The fourth-order valence-electron chi connectivity index (χ4n) is 4.60. The fraction of sp³-hybridized carbons (Fsp3) is 0.722. The highest BCUT2D eigenvalue weighted by Crippen LogP contribution is 2.55. The van der Waals surface area contributed by atoms with Gasteiger partial charge in [-0.15, -0.1) is 0 Å². The van der Waals surface area contributed by atoms with Gasteiger partial charge in [0.05, 0.1) is 6.61 Å². The third kappa shape index (κ3) is 3.33. The van der Waals surface area contributed by atoms with Crippen LogP contribution in [-0.2, 0) is 23.9 Å². The van der Waals surface area contributed by atoms with Crippen LogP contribution in [0.15, 0.2) is 12.2 Å². The van der Waals surface area contributed by atoms with Gasteiger partial charge >= 0.3 is 11.9 Å². The van der Waals surface area contributed by atoms with Crippen molar-refractivity contribution in [1.82, 2.24) is 0 Å². The first-order valence-electron chi connectivity index (χ1n) is 8.47. The molecule has 0 saturated heterocycles. The molecule has 5 heteroatoms. The molecule has 0 spiro atoms. The molecule has 23 heavy (non-hydrogen) atoms. The van der Waals surface area contributed by atoms with Crippen LogP contribution in [0.2, 0.25) is 0 Å². The van der Waals surface area contributed by atoms with Crippen molar-refractivity contribution in [2.45, 2.75) is 57.5 Å². The molecule has 0 amide bonds. The molecule has 4 aliphatic carbocycles. The van der Waals surface area contributed by atoms with Gasteiger partial charge < -0.3 is 9.47 Å². The summed E-state index contributed by atoms with van der Waals surface area (Å²) in [7, 11) is 0. The molecule has 0 radical (unpaired) electrons. The van der Waals surface area contributed by atoms with E-state index in [1.165, 1.54) is 0 Å². The first-order valence-corrected chi connectivity index (χ1v) is 8.47. The largest absolute Gasteiger partial charge is 0.462 e. The van der Waals surface area contributed by atoms with Crippen LogP contribution >= 0.6 is 0 Å². The van der Waals surface area contributed by atoms with Crippen molar-refractivity contribution in [2.75, 3.05) is 6.61 Å². The fourth-order valence-corrected chi connectivity index (χ4v) is 4.60. The van der Waals surface area contributed by atoms with Crippen LogP contribution in [-0.4, -0.2) is 29.9 Å². The molecule has 4 fully saturated rings. The lowest BCUT2D eigenvalue weighted by Gasteiger charge is -2.54. The van der Waals surface area contributed by atoms with E-state index in [4.69, 9.17) is 9.47 Å². The highest BCUT2D eigenvalue weighted by Gasteiger charge is 2.57. The second-order valence-electron chi connectivity index (χ2n) is 7.42. The van der Waals surface area contributed by atoms with Gasteiger partial charge in [0, 0.05) is 23.8 Å². The summed E-state index contributed by atoms with van der Waals surface area (Å²) in [5.41, 5.74) is -0.0543. The number of carbonyl (C=O) groups excluding carboxylic acids is 3. The third-order valence-corrected chi connectivity index (χ3v) is 5.38. The van der Waals surface area contributed by atoms with Gasteiger partial charge in [0.1, 0.15) is 11.4 Å². The Bertz CT molecular complexity index is 532. The van der Waals surface area contributed by atoms with Crippen molar-refractivity contribution in [3.8, 4) is 0 Å². The summed E-state index contributed by atoms with van der Waals surface area (Å²) in [5.74, 6) is 0.453. The second-order valence-corrected chi connectivity index (χ2v) is 7.42. The summed E-state index contributed by atoms with van der Waals surface area (Å²) in [6.07, 6.45) is 4.95. The number of carbonyl (C=O) groups is 3. The van der Waals surface area contributed by atoms with E-state index in [0.29, 0.717) is 36.5 Å². The maximum absolute atomic E-state index is 12.1. The van der Waals surface area contributed by atoms with E-state index in [9.17, 15) is 14.4 Å². The van der Waals surface area contributed by atoms with Crippen LogP contribution in [0, 0.1) is 17.8 Å². The molecule has 4 rings (SSSR count). The van der Waals surface area contributed by atoms with Crippen LogP contribution in [0.25, 0.3) is 0 Å². The van der Waals surface area contributed by atoms with E-state index in [-0.39, 0.29) is 30.8 Å². The Morgan fingerprint density at radius 2 is 1.87 bits per heavy atom. The van der Waals surface area contributed by atoms with Gasteiger partial charge in [-0.25, -0.2) is 4.79 Å². The topological polar surface area (TPSA) is 69.7 Å². The second kappa shape index (κ2) is 6.10. The monoisotopic (exact) mass is 320 g/mol. The van der Waals surface area contributed by atoms with Gasteiger partial charge in [-0.2, -0.15) is 0 Å². The molecule has 2 unspecified atom stereocenters. The quantitative estimate of drug-likeness (QED) is 0.427. The van der Waals surface area contributed by atoms with Gasteiger partial charge in [0.25, 0.3) is 0 Å². The number of esters is 2. The van der Waals surface area contributed by atoms with Gasteiger partial charge in [0.15, 0.2) is 0 Å². The molecule has 0 aromatic rings. The molecule has 5 nitrogen and oxygen atoms in total. The highest BCUT2D eigenvalue weighted by molar-refractivity contribution is 5.87. The normalized spacial score (nSPS) is 34.3. The predicted molar refractivity (Wildman–Crippen MR) is 82.4 cm³/mol. The van der Waals surface area contributed by atoms with Crippen LogP contribution < -0.4 is 0 Å². The number of ketones is 1. The molecule has 4 aliphatic rings. The van der Waals surface area contributed by atoms with E-state index < -0.39 is 11.6 Å². The lowest BCUT2D eigenvalue weighted by Crippen LogP contribution is -2.56. The first kappa shape index (κ1) is 16.2. The molecule has 0 N–H and O–H groups in total. The Morgan fingerprint density at radius 3 is 2.48 bits per heavy atom. The van der Waals surface area contributed by atoms with Gasteiger partial charge in [-0.1, -0.05) is 6.58 Å². The van der Waals surface area contributed by atoms with Gasteiger partial charge in [-0.05, 0) is 51.4 Å². The van der Waals surface area contributed by atoms with E-state index in [0.717, 1.165) is 19.3 Å². The minimum Gasteiger partial charge on any atom is -0.462 e. The van der Waals surface area contributed by atoms with Crippen molar-refractivity contribution in [1.29, 1.82) is 0 Å². The summed E-state index contributed by atoms with van der Waals surface area (Å²) >= 11 is 0. The van der Waals surface area contributed by atoms with Crippen molar-refractivity contribution in [2.24, 2.45) is 17.8 Å². The molecule has 0 aliphatic heterocycles.